The van der Waals surface area contributed by atoms with Crippen LogP contribution in [0.5, 0.6) is 0 Å². The number of nitrogens with one attached hydrogen (secondary N) is 1. The van der Waals surface area contributed by atoms with Crippen LogP contribution in [-0.4, -0.2) is 28.1 Å². The number of nitrogens with zero attached hydrogens (tertiary/aromatic N) is 2. The zero-order valence-corrected chi connectivity index (χ0v) is 14.0. The van der Waals surface area contributed by atoms with Crippen LogP contribution in [0, 0.1) is 6.92 Å². The smallest absolute Gasteiger partial charge is 0.0522 e. The molecule has 1 aromatic carbocycles. The number of benzene rings is 1. The predicted molar refractivity (Wildman–Crippen MR) is 90.9 cm³/mol. The Labute approximate surface area is 132 Å². The summed E-state index contributed by atoms with van der Waals surface area (Å²) in [6.07, 6.45) is 6.28. The van der Waals surface area contributed by atoms with Gasteiger partial charge >= 0.3 is 0 Å². The van der Waals surface area contributed by atoms with Crippen molar-refractivity contribution in [1.29, 1.82) is 0 Å². The third-order valence-corrected chi connectivity index (χ3v) is 4.57. The zero-order chi connectivity index (χ0) is 15.1. The number of hydrogen-bond acceptors (Lipinski definition) is 3. The molecular weight excluding hydrogens is 278 g/mol. The first-order valence-electron chi connectivity index (χ1n) is 7.57. The lowest BCUT2D eigenvalue weighted by atomic mass is 10.1. The molecule has 21 heavy (non-hydrogen) atoms. The first-order valence-corrected chi connectivity index (χ1v) is 8.56. The molecule has 0 aliphatic rings. The van der Waals surface area contributed by atoms with E-state index in [2.05, 4.69) is 54.7 Å². The largest absolute Gasteiger partial charge is 0.313 e. The molecule has 1 aromatic heterocycles. The molecule has 0 bridgehead atoms. The average molecular weight is 303 g/mol. The van der Waals surface area contributed by atoms with Gasteiger partial charge in [-0.2, -0.15) is 5.10 Å². The summed E-state index contributed by atoms with van der Waals surface area (Å²) < 4.78 is 1.87. The number of aryl methyl sites for hydroxylation is 2. The van der Waals surface area contributed by atoms with Crippen molar-refractivity contribution in [1.82, 2.24) is 15.1 Å². The average Bonchev–Trinajstić information content (AvgIpc) is 2.89. The van der Waals surface area contributed by atoms with Crippen molar-refractivity contribution >= 4 is 11.8 Å². The lowest BCUT2D eigenvalue weighted by molar-refractivity contribution is 0.550. The Balaban J connectivity index is 1.90. The van der Waals surface area contributed by atoms with Gasteiger partial charge in [-0.05, 0) is 44.0 Å². The summed E-state index contributed by atoms with van der Waals surface area (Å²) in [4.78, 5) is 1.34. The van der Waals surface area contributed by atoms with E-state index in [1.807, 2.05) is 29.7 Å². The number of rotatable bonds is 8. The molecule has 0 spiro atoms. The van der Waals surface area contributed by atoms with Gasteiger partial charge in [0.2, 0.25) is 0 Å². The highest BCUT2D eigenvalue weighted by molar-refractivity contribution is 7.99. The minimum absolute atomic E-state index is 0.487. The molecule has 1 N–H and O–H groups in total. The van der Waals surface area contributed by atoms with Gasteiger partial charge in [-0.25, -0.2) is 0 Å². The van der Waals surface area contributed by atoms with E-state index >= 15 is 0 Å². The van der Waals surface area contributed by atoms with Crippen molar-refractivity contribution in [3.8, 4) is 0 Å². The van der Waals surface area contributed by atoms with Crippen LogP contribution < -0.4 is 5.32 Å². The molecule has 1 atom stereocenters. The van der Waals surface area contributed by atoms with Crippen molar-refractivity contribution in [3.63, 3.8) is 0 Å². The van der Waals surface area contributed by atoms with Crippen molar-refractivity contribution in [2.75, 3.05) is 12.3 Å². The SMILES string of the molecule is CCCNC(CSc1ccc(C)cc1)Cc1cnn(C)c1. The molecule has 0 radical (unpaired) electrons. The molecule has 0 saturated heterocycles. The van der Waals surface area contributed by atoms with Gasteiger partial charge < -0.3 is 5.32 Å². The van der Waals surface area contributed by atoms with E-state index < -0.39 is 0 Å². The van der Waals surface area contributed by atoms with Gasteiger partial charge in [-0.3, -0.25) is 4.68 Å². The van der Waals surface area contributed by atoms with Crippen LogP contribution in [0.4, 0.5) is 0 Å². The standard InChI is InChI=1S/C17H25N3S/c1-4-9-18-16(10-15-11-19-20(3)12-15)13-21-17-7-5-14(2)6-8-17/h5-8,11-12,16,18H,4,9-10,13H2,1-3H3. The molecule has 0 fully saturated rings. The highest BCUT2D eigenvalue weighted by Gasteiger charge is 2.10. The summed E-state index contributed by atoms with van der Waals surface area (Å²) in [5.41, 5.74) is 2.62. The number of thioether (sulfide) groups is 1. The topological polar surface area (TPSA) is 29.9 Å². The van der Waals surface area contributed by atoms with E-state index in [1.165, 1.54) is 22.4 Å². The van der Waals surface area contributed by atoms with Crippen LogP contribution in [0.15, 0.2) is 41.6 Å². The molecule has 0 amide bonds. The van der Waals surface area contributed by atoms with Crippen LogP contribution in [0.25, 0.3) is 0 Å². The van der Waals surface area contributed by atoms with E-state index in [-0.39, 0.29) is 0 Å². The first kappa shape index (κ1) is 16.1. The van der Waals surface area contributed by atoms with Gasteiger partial charge in [0.25, 0.3) is 0 Å². The Morgan fingerprint density at radius 2 is 2.05 bits per heavy atom. The van der Waals surface area contributed by atoms with E-state index in [1.54, 1.807) is 0 Å². The van der Waals surface area contributed by atoms with Gasteiger partial charge in [0, 0.05) is 29.9 Å². The molecule has 3 nitrogen and oxygen atoms in total. The minimum atomic E-state index is 0.487. The summed E-state index contributed by atoms with van der Waals surface area (Å²) in [5.74, 6) is 1.08. The maximum absolute atomic E-state index is 4.26. The fourth-order valence-corrected chi connectivity index (χ4v) is 3.19. The molecule has 0 aliphatic carbocycles. The van der Waals surface area contributed by atoms with Crippen LogP contribution in [0.1, 0.15) is 24.5 Å². The number of hydrogen-bond donors (Lipinski definition) is 1. The minimum Gasteiger partial charge on any atom is -0.313 e. The highest BCUT2D eigenvalue weighted by atomic mass is 32.2. The second-order valence-corrected chi connectivity index (χ2v) is 6.59. The highest BCUT2D eigenvalue weighted by Crippen LogP contribution is 2.20. The van der Waals surface area contributed by atoms with Crippen LogP contribution in [-0.2, 0) is 13.5 Å². The lowest BCUT2D eigenvalue weighted by Gasteiger charge is -2.17. The quantitative estimate of drug-likeness (QED) is 0.758. The summed E-state index contributed by atoms with van der Waals surface area (Å²) in [6.45, 7) is 5.41. The molecule has 114 valence electrons. The summed E-state index contributed by atoms with van der Waals surface area (Å²) in [7, 11) is 1.97. The van der Waals surface area contributed by atoms with Crippen molar-refractivity contribution in [3.05, 3.63) is 47.8 Å². The Kier molecular flexibility index (Phi) is 6.33. The zero-order valence-electron chi connectivity index (χ0n) is 13.2. The van der Waals surface area contributed by atoms with Gasteiger partial charge in [0.15, 0.2) is 0 Å². The van der Waals surface area contributed by atoms with Crippen LogP contribution in [0.3, 0.4) is 0 Å². The molecule has 1 unspecified atom stereocenters. The molecule has 4 heteroatoms. The predicted octanol–water partition coefficient (Wildman–Crippen LogP) is 3.43. The van der Waals surface area contributed by atoms with Gasteiger partial charge in [-0.1, -0.05) is 24.6 Å². The van der Waals surface area contributed by atoms with E-state index in [0.29, 0.717) is 6.04 Å². The molecule has 0 saturated carbocycles. The van der Waals surface area contributed by atoms with Crippen LogP contribution in [0.2, 0.25) is 0 Å². The molecule has 0 aliphatic heterocycles. The fourth-order valence-electron chi connectivity index (χ4n) is 2.23. The second kappa shape index (κ2) is 8.25. The summed E-state index contributed by atoms with van der Waals surface area (Å²) in [5, 5.41) is 7.91. The Bertz CT molecular complexity index is 533. The molecular formula is C17H25N3S. The molecule has 2 aromatic rings. The van der Waals surface area contributed by atoms with Crippen molar-refractivity contribution in [2.24, 2.45) is 7.05 Å². The Hall–Kier alpha value is -1.26. The maximum Gasteiger partial charge on any atom is 0.0522 e. The van der Waals surface area contributed by atoms with Gasteiger partial charge in [0.1, 0.15) is 0 Å². The summed E-state index contributed by atoms with van der Waals surface area (Å²) >= 11 is 1.92. The van der Waals surface area contributed by atoms with E-state index in [4.69, 9.17) is 0 Å². The fraction of sp³-hybridized carbons (Fsp3) is 0.471. The van der Waals surface area contributed by atoms with Crippen molar-refractivity contribution in [2.45, 2.75) is 37.6 Å². The molecule has 1 heterocycles. The first-order chi connectivity index (χ1) is 10.2. The van der Waals surface area contributed by atoms with E-state index in [0.717, 1.165) is 18.7 Å². The third-order valence-electron chi connectivity index (χ3n) is 3.40. The van der Waals surface area contributed by atoms with Gasteiger partial charge in [-0.15, -0.1) is 11.8 Å². The monoisotopic (exact) mass is 303 g/mol. The van der Waals surface area contributed by atoms with Crippen LogP contribution >= 0.6 is 11.8 Å². The Morgan fingerprint density at radius 1 is 1.29 bits per heavy atom. The van der Waals surface area contributed by atoms with Crippen molar-refractivity contribution < 1.29 is 0 Å². The normalized spacial score (nSPS) is 12.5. The Morgan fingerprint density at radius 3 is 2.67 bits per heavy atom. The van der Waals surface area contributed by atoms with E-state index in [9.17, 15) is 0 Å². The lowest BCUT2D eigenvalue weighted by Crippen LogP contribution is -2.33. The third kappa shape index (κ3) is 5.56. The maximum atomic E-state index is 4.26. The second-order valence-electron chi connectivity index (χ2n) is 5.50. The van der Waals surface area contributed by atoms with Gasteiger partial charge in [0.05, 0.1) is 6.20 Å². The molecule has 2 rings (SSSR count). The summed E-state index contributed by atoms with van der Waals surface area (Å²) in [6, 6.07) is 9.26. The number of aromatic nitrogens is 2.